The zero-order chi connectivity index (χ0) is 17.4. The number of carbonyl (C=O) groups excluding carboxylic acids is 1. The highest BCUT2D eigenvalue weighted by Crippen LogP contribution is 2.21. The van der Waals surface area contributed by atoms with Gasteiger partial charge >= 0.3 is 0 Å². The van der Waals surface area contributed by atoms with Crippen LogP contribution < -0.4 is 5.56 Å². The molecule has 25 heavy (non-hydrogen) atoms. The van der Waals surface area contributed by atoms with E-state index in [1.165, 1.54) is 10.6 Å². The standard InChI is InChI=1S/C19H16FN3O2/c20-16-6-1-4-13-10-15(12-22-9-3-7-17(22)24)23(19(25)18(13)16)14-5-2-8-21-11-14/h1-2,4-6,8,10-11H,3,7,9,12H2. The number of likely N-dealkylation sites (tertiary alicyclic amines) is 1. The summed E-state index contributed by atoms with van der Waals surface area (Å²) >= 11 is 0. The summed E-state index contributed by atoms with van der Waals surface area (Å²) in [4.78, 5) is 30.8. The molecule has 0 bridgehead atoms. The normalized spacial score (nSPS) is 14.4. The van der Waals surface area contributed by atoms with Crippen LogP contribution in [-0.4, -0.2) is 26.9 Å². The summed E-state index contributed by atoms with van der Waals surface area (Å²) in [7, 11) is 0. The van der Waals surface area contributed by atoms with E-state index in [1.807, 2.05) is 0 Å². The third kappa shape index (κ3) is 2.69. The zero-order valence-electron chi connectivity index (χ0n) is 13.5. The van der Waals surface area contributed by atoms with Gasteiger partial charge in [-0.25, -0.2) is 4.39 Å². The molecular formula is C19H16FN3O2. The van der Waals surface area contributed by atoms with Crippen molar-refractivity contribution in [3.8, 4) is 5.69 Å². The number of amides is 1. The maximum absolute atomic E-state index is 14.2. The number of nitrogens with zero attached hydrogens (tertiary/aromatic N) is 3. The number of fused-ring (bicyclic) bond motifs is 1. The van der Waals surface area contributed by atoms with Gasteiger partial charge in [0, 0.05) is 24.9 Å². The fourth-order valence-corrected chi connectivity index (χ4v) is 3.33. The fourth-order valence-electron chi connectivity index (χ4n) is 3.33. The molecule has 1 fully saturated rings. The molecule has 126 valence electrons. The predicted molar refractivity (Wildman–Crippen MR) is 91.9 cm³/mol. The van der Waals surface area contributed by atoms with Gasteiger partial charge < -0.3 is 4.90 Å². The first-order valence-corrected chi connectivity index (χ1v) is 8.16. The summed E-state index contributed by atoms with van der Waals surface area (Å²) in [6.45, 7) is 0.983. The monoisotopic (exact) mass is 337 g/mol. The van der Waals surface area contributed by atoms with Crippen molar-refractivity contribution in [2.24, 2.45) is 0 Å². The average Bonchev–Trinajstić information content (AvgIpc) is 3.00. The van der Waals surface area contributed by atoms with E-state index < -0.39 is 11.4 Å². The SMILES string of the molecule is O=C1CCCN1Cc1cc2cccc(F)c2c(=O)n1-c1cccnc1. The lowest BCUT2D eigenvalue weighted by Crippen LogP contribution is -2.30. The molecule has 0 unspecified atom stereocenters. The van der Waals surface area contributed by atoms with E-state index in [2.05, 4.69) is 4.98 Å². The number of rotatable bonds is 3. The third-order valence-corrected chi connectivity index (χ3v) is 4.50. The van der Waals surface area contributed by atoms with Crippen molar-refractivity contribution in [1.82, 2.24) is 14.5 Å². The predicted octanol–water partition coefficient (Wildman–Crippen LogP) is 2.65. The van der Waals surface area contributed by atoms with Crippen LogP contribution in [0.3, 0.4) is 0 Å². The molecule has 6 heteroatoms. The first kappa shape index (κ1) is 15.5. The third-order valence-electron chi connectivity index (χ3n) is 4.50. The number of aromatic nitrogens is 2. The van der Waals surface area contributed by atoms with Gasteiger partial charge in [-0.3, -0.25) is 19.1 Å². The molecule has 1 aliphatic rings. The van der Waals surface area contributed by atoms with Crippen molar-refractivity contribution >= 4 is 16.7 Å². The highest BCUT2D eigenvalue weighted by molar-refractivity contribution is 5.83. The summed E-state index contributed by atoms with van der Waals surface area (Å²) in [6.07, 6.45) is 4.51. The number of pyridine rings is 2. The Morgan fingerprint density at radius 3 is 2.76 bits per heavy atom. The number of halogens is 1. The van der Waals surface area contributed by atoms with Crippen LogP contribution in [0.4, 0.5) is 4.39 Å². The Hall–Kier alpha value is -3.02. The van der Waals surface area contributed by atoms with Gasteiger partial charge in [0.15, 0.2) is 0 Å². The van der Waals surface area contributed by atoms with Crippen LogP contribution in [0.5, 0.6) is 0 Å². The smallest absolute Gasteiger partial charge is 0.266 e. The van der Waals surface area contributed by atoms with Crippen LogP contribution >= 0.6 is 0 Å². The Morgan fingerprint density at radius 1 is 1.16 bits per heavy atom. The lowest BCUT2D eigenvalue weighted by atomic mass is 10.1. The molecule has 0 aliphatic carbocycles. The largest absolute Gasteiger partial charge is 0.337 e. The highest BCUT2D eigenvalue weighted by atomic mass is 19.1. The minimum absolute atomic E-state index is 0.0443. The van der Waals surface area contributed by atoms with Crippen molar-refractivity contribution in [1.29, 1.82) is 0 Å². The molecule has 1 aliphatic heterocycles. The molecule has 3 aromatic rings. The van der Waals surface area contributed by atoms with Gasteiger partial charge in [0.1, 0.15) is 5.82 Å². The van der Waals surface area contributed by atoms with Gasteiger partial charge in [0.2, 0.25) is 5.91 Å². The Balaban J connectivity index is 1.96. The molecule has 3 heterocycles. The number of carbonyl (C=O) groups is 1. The first-order valence-electron chi connectivity index (χ1n) is 8.16. The summed E-state index contributed by atoms with van der Waals surface area (Å²) in [5, 5.41) is 0.578. The molecule has 1 amide bonds. The Morgan fingerprint density at radius 2 is 2.04 bits per heavy atom. The molecule has 2 aromatic heterocycles. The molecule has 0 radical (unpaired) electrons. The Kier molecular flexibility index (Phi) is 3.80. The molecule has 0 atom stereocenters. The van der Waals surface area contributed by atoms with Gasteiger partial charge in [-0.1, -0.05) is 12.1 Å². The highest BCUT2D eigenvalue weighted by Gasteiger charge is 2.23. The second-order valence-electron chi connectivity index (χ2n) is 6.11. The van der Waals surface area contributed by atoms with Gasteiger partial charge in [-0.15, -0.1) is 0 Å². The van der Waals surface area contributed by atoms with E-state index in [9.17, 15) is 14.0 Å². The van der Waals surface area contributed by atoms with Gasteiger partial charge in [0.05, 0.1) is 23.8 Å². The number of hydrogen-bond donors (Lipinski definition) is 0. The van der Waals surface area contributed by atoms with E-state index in [1.54, 1.807) is 47.6 Å². The molecule has 5 nitrogen and oxygen atoms in total. The molecule has 0 N–H and O–H groups in total. The summed E-state index contributed by atoms with van der Waals surface area (Å²) in [5.41, 5.74) is 0.760. The summed E-state index contributed by atoms with van der Waals surface area (Å²) in [6, 6.07) is 9.81. The van der Waals surface area contributed by atoms with E-state index in [0.29, 0.717) is 36.3 Å². The van der Waals surface area contributed by atoms with Crippen molar-refractivity contribution in [2.45, 2.75) is 19.4 Å². The van der Waals surface area contributed by atoms with E-state index in [4.69, 9.17) is 0 Å². The van der Waals surface area contributed by atoms with Crippen molar-refractivity contribution in [3.63, 3.8) is 0 Å². The second-order valence-corrected chi connectivity index (χ2v) is 6.11. The quantitative estimate of drug-likeness (QED) is 0.738. The topological polar surface area (TPSA) is 55.2 Å². The lowest BCUT2D eigenvalue weighted by molar-refractivity contribution is -0.128. The molecule has 4 rings (SSSR count). The van der Waals surface area contributed by atoms with Crippen molar-refractivity contribution < 1.29 is 9.18 Å². The van der Waals surface area contributed by atoms with Crippen LogP contribution in [-0.2, 0) is 11.3 Å². The summed E-state index contributed by atoms with van der Waals surface area (Å²) < 4.78 is 15.7. The van der Waals surface area contributed by atoms with Crippen molar-refractivity contribution in [3.05, 3.63) is 70.7 Å². The van der Waals surface area contributed by atoms with Crippen LogP contribution in [0.2, 0.25) is 0 Å². The van der Waals surface area contributed by atoms with E-state index in [-0.39, 0.29) is 11.3 Å². The van der Waals surface area contributed by atoms with Crippen LogP contribution in [0.1, 0.15) is 18.5 Å². The molecule has 1 aromatic carbocycles. The van der Waals surface area contributed by atoms with Crippen LogP contribution in [0, 0.1) is 5.82 Å². The van der Waals surface area contributed by atoms with Gasteiger partial charge in [0.25, 0.3) is 5.56 Å². The Bertz CT molecular complexity index is 1010. The van der Waals surface area contributed by atoms with Gasteiger partial charge in [-0.2, -0.15) is 0 Å². The van der Waals surface area contributed by atoms with E-state index >= 15 is 0 Å². The molecular weight excluding hydrogens is 321 g/mol. The number of benzene rings is 1. The minimum Gasteiger partial charge on any atom is -0.337 e. The lowest BCUT2D eigenvalue weighted by Gasteiger charge is -2.20. The zero-order valence-corrected chi connectivity index (χ0v) is 13.5. The first-order chi connectivity index (χ1) is 12.1. The van der Waals surface area contributed by atoms with E-state index in [0.717, 1.165) is 6.42 Å². The number of hydrogen-bond acceptors (Lipinski definition) is 3. The molecule has 0 spiro atoms. The van der Waals surface area contributed by atoms with Crippen LogP contribution in [0.25, 0.3) is 16.5 Å². The van der Waals surface area contributed by atoms with Crippen LogP contribution in [0.15, 0.2) is 53.6 Å². The summed E-state index contributed by atoms with van der Waals surface area (Å²) in [5.74, 6) is -0.478. The second kappa shape index (κ2) is 6.12. The molecule has 0 saturated carbocycles. The maximum atomic E-state index is 14.2. The minimum atomic E-state index is -0.552. The average molecular weight is 337 g/mol. The Labute approximate surface area is 143 Å². The van der Waals surface area contributed by atoms with Gasteiger partial charge in [-0.05, 0) is 36.1 Å². The molecule has 1 saturated heterocycles. The van der Waals surface area contributed by atoms with Crippen molar-refractivity contribution in [2.75, 3.05) is 6.54 Å². The maximum Gasteiger partial charge on any atom is 0.266 e. The fraction of sp³-hybridized carbons (Fsp3) is 0.211.